The van der Waals surface area contributed by atoms with Gasteiger partial charge in [0.25, 0.3) is 0 Å². The number of carboxylic acid groups (broad SMARTS) is 1. The van der Waals surface area contributed by atoms with E-state index >= 15 is 0 Å². The monoisotopic (exact) mass is 314 g/mol. The third-order valence-corrected chi connectivity index (χ3v) is 3.82. The molecule has 1 aliphatic rings. The van der Waals surface area contributed by atoms with Crippen molar-refractivity contribution in [1.82, 2.24) is 16.0 Å². The molecule has 0 aromatic heterocycles. The topological polar surface area (TPSA) is 93.3 Å². The molecule has 6 nitrogen and oxygen atoms in total. The number of nitrogens with one attached hydrogen (secondary N) is 3. The van der Waals surface area contributed by atoms with E-state index in [-0.39, 0.29) is 5.91 Å². The molecule has 0 aromatic carbocycles. The lowest BCUT2D eigenvalue weighted by Crippen LogP contribution is -2.47. The van der Waals surface area contributed by atoms with Gasteiger partial charge in [-0.2, -0.15) is 0 Å². The second kappa shape index (κ2) is 9.55. The van der Waals surface area contributed by atoms with Crippen LogP contribution in [0.4, 0.5) is 0 Å². The molecule has 0 spiro atoms. The van der Waals surface area contributed by atoms with Crippen LogP contribution in [0.3, 0.4) is 0 Å². The first-order chi connectivity index (χ1) is 9.99. The molecule has 0 unspecified atom stereocenters. The minimum Gasteiger partial charge on any atom is -0.548 e. The summed E-state index contributed by atoms with van der Waals surface area (Å²) in [6.07, 6.45) is 6.99. The van der Waals surface area contributed by atoms with Crippen LogP contribution in [-0.4, -0.2) is 35.6 Å². The average Bonchev–Trinajstić information content (AvgIpc) is 2.42. The Morgan fingerprint density at radius 2 is 1.95 bits per heavy atom. The van der Waals surface area contributed by atoms with Gasteiger partial charge in [0.15, 0.2) is 5.11 Å². The first kappa shape index (κ1) is 17.7. The summed E-state index contributed by atoms with van der Waals surface area (Å²) < 4.78 is 0. The number of carbonyl (C=O) groups excluding carboxylic acids is 2. The molecule has 1 saturated carbocycles. The van der Waals surface area contributed by atoms with E-state index in [9.17, 15) is 14.7 Å². The van der Waals surface area contributed by atoms with Crippen LogP contribution in [0.5, 0.6) is 0 Å². The number of thiocarbonyl (C=S) groups is 1. The number of carboxylic acids is 1. The predicted octanol–water partition coefficient (Wildman–Crippen LogP) is -0.182. The number of rotatable bonds is 7. The highest BCUT2D eigenvalue weighted by atomic mass is 32.1. The van der Waals surface area contributed by atoms with E-state index in [1.54, 1.807) is 0 Å². The highest BCUT2D eigenvalue weighted by Gasteiger charge is 2.14. The number of hydrogen-bond donors (Lipinski definition) is 3. The normalized spacial score (nSPS) is 16.8. The van der Waals surface area contributed by atoms with Crippen LogP contribution in [0.2, 0.25) is 0 Å². The summed E-state index contributed by atoms with van der Waals surface area (Å²) in [5.41, 5.74) is 0. The Hall–Kier alpha value is -1.37. The molecule has 120 valence electrons. The summed E-state index contributed by atoms with van der Waals surface area (Å²) in [7, 11) is 0. The highest BCUT2D eigenvalue weighted by Crippen LogP contribution is 2.17. The van der Waals surface area contributed by atoms with Gasteiger partial charge in [0, 0.05) is 19.5 Å². The molecule has 1 rings (SSSR count). The quantitative estimate of drug-likeness (QED) is 0.446. The highest BCUT2D eigenvalue weighted by molar-refractivity contribution is 7.80. The second-order valence-corrected chi connectivity index (χ2v) is 5.86. The molecule has 0 radical (unpaired) electrons. The van der Waals surface area contributed by atoms with Gasteiger partial charge in [0.1, 0.15) is 0 Å². The van der Waals surface area contributed by atoms with E-state index in [1.165, 1.54) is 26.2 Å². The van der Waals surface area contributed by atoms with Crippen molar-refractivity contribution in [1.29, 1.82) is 0 Å². The van der Waals surface area contributed by atoms with E-state index < -0.39 is 12.0 Å². The summed E-state index contributed by atoms with van der Waals surface area (Å²) in [6, 6.07) is -0.488. The van der Waals surface area contributed by atoms with Gasteiger partial charge in [0.2, 0.25) is 5.91 Å². The third kappa shape index (κ3) is 7.84. The maximum absolute atomic E-state index is 10.9. The van der Waals surface area contributed by atoms with E-state index in [2.05, 4.69) is 16.0 Å². The molecule has 0 bridgehead atoms. The molecule has 21 heavy (non-hydrogen) atoms. The van der Waals surface area contributed by atoms with Gasteiger partial charge in [-0.15, -0.1) is 0 Å². The van der Waals surface area contributed by atoms with Crippen molar-refractivity contribution >= 4 is 29.2 Å². The Bertz CT molecular complexity index is 370. The van der Waals surface area contributed by atoms with Crippen molar-refractivity contribution in [2.24, 2.45) is 0 Å². The summed E-state index contributed by atoms with van der Waals surface area (Å²) in [4.78, 5) is 21.7. The van der Waals surface area contributed by atoms with Gasteiger partial charge in [-0.1, -0.05) is 19.3 Å². The molecular weight excluding hydrogens is 290 g/mol. The molecule has 7 heteroatoms. The van der Waals surface area contributed by atoms with Crippen molar-refractivity contribution in [2.45, 2.75) is 64.0 Å². The molecule has 1 amide bonds. The maximum atomic E-state index is 10.9. The summed E-state index contributed by atoms with van der Waals surface area (Å²) >= 11 is 5.21. The number of carbonyl (C=O) groups is 2. The van der Waals surface area contributed by atoms with Gasteiger partial charge in [-0.25, -0.2) is 0 Å². The maximum Gasteiger partial charge on any atom is 0.217 e. The Labute approximate surface area is 131 Å². The van der Waals surface area contributed by atoms with Crippen LogP contribution >= 0.6 is 12.2 Å². The number of aliphatic carboxylic acids is 1. The fourth-order valence-electron chi connectivity index (χ4n) is 2.49. The smallest absolute Gasteiger partial charge is 0.217 e. The Kier molecular flexibility index (Phi) is 8.04. The zero-order valence-corrected chi connectivity index (χ0v) is 13.3. The Morgan fingerprint density at radius 3 is 2.52 bits per heavy atom. The molecule has 1 fully saturated rings. The zero-order valence-electron chi connectivity index (χ0n) is 12.4. The lowest BCUT2D eigenvalue weighted by atomic mass is 9.96. The fraction of sp³-hybridized carbons (Fsp3) is 0.786. The van der Waals surface area contributed by atoms with Gasteiger partial charge in [-0.05, 0) is 37.9 Å². The van der Waals surface area contributed by atoms with Crippen molar-refractivity contribution < 1.29 is 14.7 Å². The molecule has 0 saturated heterocycles. The fourth-order valence-corrected chi connectivity index (χ4v) is 2.75. The van der Waals surface area contributed by atoms with Crippen molar-refractivity contribution in [3.8, 4) is 0 Å². The number of amides is 1. The third-order valence-electron chi connectivity index (χ3n) is 3.56. The van der Waals surface area contributed by atoms with E-state index in [0.717, 1.165) is 12.8 Å². The molecule has 0 aromatic rings. The SMILES string of the molecule is CC(=O)N[C@@H](CCCNC(=S)NC1CCCCC1)C(=O)[O-]. The van der Waals surface area contributed by atoms with Gasteiger partial charge in [0.05, 0.1) is 12.0 Å². The summed E-state index contributed by atoms with van der Waals surface area (Å²) in [6.45, 7) is 1.86. The van der Waals surface area contributed by atoms with Crippen molar-refractivity contribution in [2.75, 3.05) is 6.54 Å². The van der Waals surface area contributed by atoms with E-state index in [0.29, 0.717) is 30.5 Å². The van der Waals surface area contributed by atoms with Gasteiger partial charge < -0.3 is 25.9 Å². The number of hydrogen-bond acceptors (Lipinski definition) is 4. The Balaban J connectivity index is 2.15. The lowest BCUT2D eigenvalue weighted by Gasteiger charge is -2.24. The van der Waals surface area contributed by atoms with Crippen LogP contribution in [0.25, 0.3) is 0 Å². The zero-order chi connectivity index (χ0) is 15.7. The minimum absolute atomic E-state index is 0.320. The van der Waals surface area contributed by atoms with Crippen molar-refractivity contribution in [3.05, 3.63) is 0 Å². The summed E-state index contributed by atoms with van der Waals surface area (Å²) in [5, 5.41) is 20.2. The largest absolute Gasteiger partial charge is 0.548 e. The van der Waals surface area contributed by atoms with Crippen molar-refractivity contribution in [3.63, 3.8) is 0 Å². The molecular formula is C14H24N3O3S-. The second-order valence-electron chi connectivity index (χ2n) is 5.45. The van der Waals surface area contributed by atoms with E-state index in [1.807, 2.05) is 0 Å². The molecule has 0 aliphatic heterocycles. The van der Waals surface area contributed by atoms with Crippen LogP contribution < -0.4 is 21.1 Å². The molecule has 3 N–H and O–H groups in total. The van der Waals surface area contributed by atoms with E-state index in [4.69, 9.17) is 12.2 Å². The first-order valence-corrected chi connectivity index (χ1v) is 7.92. The predicted molar refractivity (Wildman–Crippen MR) is 82.5 cm³/mol. The standard InChI is InChI=1S/C14H25N3O3S/c1-10(18)16-12(13(19)20)8-5-9-15-14(21)17-11-6-3-2-4-7-11/h11-12H,2-9H2,1H3,(H,16,18)(H,19,20)(H2,15,17,21)/p-1/t12-/m0/s1. The molecule has 1 atom stereocenters. The van der Waals surface area contributed by atoms with Crippen LogP contribution in [-0.2, 0) is 9.59 Å². The lowest BCUT2D eigenvalue weighted by molar-refractivity contribution is -0.308. The average molecular weight is 314 g/mol. The van der Waals surface area contributed by atoms with Crippen LogP contribution in [0, 0.1) is 0 Å². The molecule has 0 heterocycles. The minimum atomic E-state index is -1.26. The van der Waals surface area contributed by atoms with Gasteiger partial charge in [-0.3, -0.25) is 4.79 Å². The first-order valence-electron chi connectivity index (χ1n) is 7.51. The molecule has 1 aliphatic carbocycles. The Morgan fingerprint density at radius 1 is 1.29 bits per heavy atom. The summed E-state index contributed by atoms with van der Waals surface area (Å²) in [5.74, 6) is -1.63. The van der Waals surface area contributed by atoms with Gasteiger partial charge >= 0.3 is 0 Å². The van der Waals surface area contributed by atoms with Crippen LogP contribution in [0.1, 0.15) is 51.9 Å². The van der Waals surface area contributed by atoms with Crippen LogP contribution in [0.15, 0.2) is 0 Å².